The maximum Gasteiger partial charge on any atom is 0.234 e. The first kappa shape index (κ1) is 22.5. The van der Waals surface area contributed by atoms with Crippen LogP contribution in [-0.4, -0.2) is 46.6 Å². The van der Waals surface area contributed by atoms with Crippen molar-refractivity contribution in [1.82, 2.24) is 14.8 Å². The lowest BCUT2D eigenvalue weighted by Crippen LogP contribution is -2.17. The molecule has 0 bridgehead atoms. The van der Waals surface area contributed by atoms with Crippen LogP contribution in [0, 0.1) is 5.92 Å². The van der Waals surface area contributed by atoms with Crippen LogP contribution in [0.15, 0.2) is 23.4 Å². The maximum atomic E-state index is 12.5. The van der Waals surface area contributed by atoms with E-state index in [4.69, 9.17) is 15.2 Å². The quantitative estimate of drug-likeness (QED) is 0.533. The number of rotatable bonds is 11. The molecule has 10 heteroatoms. The molecular weight excluding hydrogens is 394 g/mol. The molecule has 0 unspecified atom stereocenters. The van der Waals surface area contributed by atoms with E-state index in [0.29, 0.717) is 47.1 Å². The predicted octanol–water partition coefficient (Wildman–Crippen LogP) is 2.10. The second-order valence-corrected chi connectivity index (χ2v) is 7.72. The number of benzene rings is 1. The minimum absolute atomic E-state index is 0.145. The Labute approximate surface area is 174 Å². The molecule has 3 N–H and O–H groups in total. The number of aryl methyl sites for hydroxylation is 1. The van der Waals surface area contributed by atoms with E-state index in [-0.39, 0.29) is 24.0 Å². The lowest BCUT2D eigenvalue weighted by Gasteiger charge is -2.13. The van der Waals surface area contributed by atoms with E-state index < -0.39 is 0 Å². The van der Waals surface area contributed by atoms with Crippen molar-refractivity contribution in [2.75, 3.05) is 25.3 Å². The third-order valence-electron chi connectivity index (χ3n) is 3.95. The van der Waals surface area contributed by atoms with Gasteiger partial charge in [-0.25, -0.2) is 0 Å². The second kappa shape index (κ2) is 10.7. The molecule has 2 amide bonds. The molecule has 0 fully saturated rings. The molecule has 29 heavy (non-hydrogen) atoms. The fourth-order valence-corrected chi connectivity index (χ4v) is 3.39. The van der Waals surface area contributed by atoms with Gasteiger partial charge in [0.25, 0.3) is 0 Å². The molecule has 2 aromatic rings. The molecule has 1 heterocycles. The Morgan fingerprint density at radius 1 is 1.24 bits per heavy atom. The van der Waals surface area contributed by atoms with Crippen molar-refractivity contribution in [2.45, 2.75) is 38.4 Å². The van der Waals surface area contributed by atoms with Gasteiger partial charge >= 0.3 is 0 Å². The van der Waals surface area contributed by atoms with E-state index >= 15 is 0 Å². The Balaban J connectivity index is 2.07. The standard InChI is InChI=1S/C19H27N5O4S/c1-12(2)10-24-17(8-7-16(20)25)22-23-19(24)29-11-18(26)21-14-9-13(27-3)5-6-15(14)28-4/h5-6,9,12H,7-8,10-11H2,1-4H3,(H2,20,25)(H,21,26). The van der Waals surface area contributed by atoms with Gasteiger partial charge in [0.1, 0.15) is 17.3 Å². The first-order valence-electron chi connectivity index (χ1n) is 9.19. The smallest absolute Gasteiger partial charge is 0.234 e. The van der Waals surface area contributed by atoms with Crippen molar-refractivity contribution in [3.8, 4) is 11.5 Å². The number of anilines is 1. The third-order valence-corrected chi connectivity index (χ3v) is 4.92. The lowest BCUT2D eigenvalue weighted by molar-refractivity contribution is -0.118. The average Bonchev–Trinajstić information content (AvgIpc) is 3.05. The van der Waals surface area contributed by atoms with Crippen LogP contribution < -0.4 is 20.5 Å². The molecule has 0 saturated heterocycles. The average molecular weight is 422 g/mol. The molecule has 0 atom stereocenters. The van der Waals surface area contributed by atoms with Crippen LogP contribution in [0.2, 0.25) is 0 Å². The molecule has 158 valence electrons. The number of amides is 2. The number of ether oxygens (including phenoxy) is 2. The fourth-order valence-electron chi connectivity index (χ4n) is 2.62. The molecule has 2 rings (SSSR count). The number of nitrogens with two attached hydrogens (primary N) is 1. The molecule has 9 nitrogen and oxygen atoms in total. The molecule has 0 saturated carbocycles. The Hall–Kier alpha value is -2.75. The number of aromatic nitrogens is 3. The molecule has 0 radical (unpaired) electrons. The van der Waals surface area contributed by atoms with E-state index in [9.17, 15) is 9.59 Å². The Bertz CT molecular complexity index is 853. The van der Waals surface area contributed by atoms with E-state index in [2.05, 4.69) is 29.4 Å². The van der Waals surface area contributed by atoms with Gasteiger partial charge in [0.05, 0.1) is 25.7 Å². The van der Waals surface area contributed by atoms with E-state index in [1.54, 1.807) is 25.3 Å². The number of hydrogen-bond acceptors (Lipinski definition) is 7. The van der Waals surface area contributed by atoms with Crippen molar-refractivity contribution >= 4 is 29.3 Å². The van der Waals surface area contributed by atoms with Crippen LogP contribution in [0.25, 0.3) is 0 Å². The maximum absolute atomic E-state index is 12.5. The first-order valence-corrected chi connectivity index (χ1v) is 10.2. The van der Waals surface area contributed by atoms with Gasteiger partial charge in [0.15, 0.2) is 5.16 Å². The number of thioether (sulfide) groups is 1. The largest absolute Gasteiger partial charge is 0.497 e. The summed E-state index contributed by atoms with van der Waals surface area (Å²) in [5.41, 5.74) is 5.77. The van der Waals surface area contributed by atoms with Crippen LogP contribution in [0.4, 0.5) is 5.69 Å². The third kappa shape index (κ3) is 6.67. The van der Waals surface area contributed by atoms with Gasteiger partial charge in [0, 0.05) is 25.5 Å². The van der Waals surface area contributed by atoms with Gasteiger partial charge in [-0.05, 0) is 18.1 Å². The number of nitrogens with one attached hydrogen (secondary N) is 1. The van der Waals surface area contributed by atoms with Gasteiger partial charge in [-0.1, -0.05) is 25.6 Å². The minimum atomic E-state index is -0.384. The number of hydrogen-bond donors (Lipinski definition) is 2. The van der Waals surface area contributed by atoms with Gasteiger partial charge < -0.3 is 25.1 Å². The highest BCUT2D eigenvalue weighted by Crippen LogP contribution is 2.29. The Morgan fingerprint density at radius 3 is 2.62 bits per heavy atom. The molecule has 1 aromatic carbocycles. The van der Waals surface area contributed by atoms with Gasteiger partial charge in [0.2, 0.25) is 11.8 Å². The van der Waals surface area contributed by atoms with E-state index in [1.165, 1.54) is 18.9 Å². The molecule has 0 aliphatic carbocycles. The fraction of sp³-hybridized carbons (Fsp3) is 0.474. The summed E-state index contributed by atoms with van der Waals surface area (Å²) in [5, 5.41) is 11.8. The molecule has 1 aromatic heterocycles. The molecule has 0 spiro atoms. The molecular formula is C19H27N5O4S. The van der Waals surface area contributed by atoms with Crippen molar-refractivity contribution in [2.24, 2.45) is 11.7 Å². The zero-order valence-corrected chi connectivity index (χ0v) is 17.9. The number of methoxy groups -OCH3 is 2. The van der Waals surface area contributed by atoms with Crippen molar-refractivity contribution in [3.63, 3.8) is 0 Å². The van der Waals surface area contributed by atoms with Gasteiger partial charge in [-0.2, -0.15) is 0 Å². The van der Waals surface area contributed by atoms with Crippen molar-refractivity contribution < 1.29 is 19.1 Å². The van der Waals surface area contributed by atoms with Crippen molar-refractivity contribution in [1.29, 1.82) is 0 Å². The minimum Gasteiger partial charge on any atom is -0.497 e. The van der Waals surface area contributed by atoms with Gasteiger partial charge in [-0.15, -0.1) is 10.2 Å². The zero-order chi connectivity index (χ0) is 21.4. The van der Waals surface area contributed by atoms with Gasteiger partial charge in [-0.3, -0.25) is 9.59 Å². The highest BCUT2D eigenvalue weighted by Gasteiger charge is 2.16. The van der Waals surface area contributed by atoms with Crippen molar-refractivity contribution in [3.05, 3.63) is 24.0 Å². The van der Waals surface area contributed by atoms with Crippen LogP contribution >= 0.6 is 11.8 Å². The molecule has 0 aliphatic heterocycles. The monoisotopic (exact) mass is 421 g/mol. The van der Waals surface area contributed by atoms with Crippen LogP contribution in [0.1, 0.15) is 26.1 Å². The summed E-state index contributed by atoms with van der Waals surface area (Å²) >= 11 is 1.28. The number of carbonyl (C=O) groups excluding carboxylic acids is 2. The Kier molecular flexibility index (Phi) is 8.32. The number of nitrogens with zero attached hydrogens (tertiary/aromatic N) is 3. The lowest BCUT2D eigenvalue weighted by atomic mass is 10.2. The Morgan fingerprint density at radius 2 is 2.00 bits per heavy atom. The summed E-state index contributed by atoms with van der Waals surface area (Å²) in [6.07, 6.45) is 0.625. The van der Waals surface area contributed by atoms with Crippen LogP contribution in [0.3, 0.4) is 0 Å². The predicted molar refractivity (Wildman–Crippen MR) is 111 cm³/mol. The summed E-state index contributed by atoms with van der Waals surface area (Å²) in [5.74, 6) is 1.75. The summed E-state index contributed by atoms with van der Waals surface area (Å²) in [4.78, 5) is 23.5. The number of primary amides is 1. The highest BCUT2D eigenvalue weighted by molar-refractivity contribution is 7.99. The van der Waals surface area contributed by atoms with Crippen LogP contribution in [-0.2, 0) is 22.6 Å². The number of carbonyl (C=O) groups is 2. The SMILES string of the molecule is COc1ccc(OC)c(NC(=O)CSc2nnc(CCC(N)=O)n2CC(C)C)c1. The van der Waals surface area contributed by atoms with E-state index in [1.807, 2.05) is 4.57 Å². The van der Waals surface area contributed by atoms with Crippen LogP contribution in [0.5, 0.6) is 11.5 Å². The zero-order valence-electron chi connectivity index (χ0n) is 17.1. The summed E-state index contributed by atoms with van der Waals surface area (Å²) in [6, 6.07) is 5.18. The topological polar surface area (TPSA) is 121 Å². The normalized spacial score (nSPS) is 10.8. The second-order valence-electron chi connectivity index (χ2n) is 6.77. The molecule has 0 aliphatic rings. The first-order chi connectivity index (χ1) is 13.8. The highest BCUT2D eigenvalue weighted by atomic mass is 32.2. The summed E-state index contributed by atoms with van der Waals surface area (Å²) in [7, 11) is 3.09. The summed E-state index contributed by atoms with van der Waals surface area (Å²) < 4.78 is 12.4. The summed E-state index contributed by atoms with van der Waals surface area (Å²) in [6.45, 7) is 4.84. The van der Waals surface area contributed by atoms with E-state index in [0.717, 1.165) is 0 Å².